The Morgan fingerprint density at radius 1 is 1.21 bits per heavy atom. The number of non-ortho nitro benzene ring substituents is 1. The molecule has 2 aromatic rings. The van der Waals surface area contributed by atoms with Crippen LogP contribution in [0.25, 0.3) is 0 Å². The van der Waals surface area contributed by atoms with Gasteiger partial charge in [-0.3, -0.25) is 24.7 Å². The maximum atomic E-state index is 12.3. The molecule has 0 unspecified atom stereocenters. The second-order valence-electron chi connectivity index (χ2n) is 7.61. The fourth-order valence-electron chi connectivity index (χ4n) is 3.53. The zero-order chi connectivity index (χ0) is 20.8. The van der Waals surface area contributed by atoms with Crippen LogP contribution in [0.3, 0.4) is 0 Å². The summed E-state index contributed by atoms with van der Waals surface area (Å²) in [4.78, 5) is 31.6. The van der Waals surface area contributed by atoms with E-state index in [1.807, 2.05) is 12.4 Å². The number of anilines is 1. The first-order chi connectivity index (χ1) is 13.9. The summed E-state index contributed by atoms with van der Waals surface area (Å²) >= 11 is 0. The molecule has 2 heterocycles. The number of hydrogen-bond donors (Lipinski definition) is 1. The highest BCUT2D eigenvalue weighted by molar-refractivity contribution is 5.92. The Kier molecular flexibility index (Phi) is 6.95. The Morgan fingerprint density at radius 3 is 2.62 bits per heavy atom. The fraction of sp³-hybridized carbons (Fsp3) is 0.500. The molecule has 29 heavy (non-hydrogen) atoms. The Labute approximate surface area is 170 Å². The summed E-state index contributed by atoms with van der Waals surface area (Å²) < 4.78 is 2.21. The molecule has 156 valence electrons. The maximum absolute atomic E-state index is 12.3. The predicted octanol–water partition coefficient (Wildman–Crippen LogP) is 2.17. The summed E-state index contributed by atoms with van der Waals surface area (Å²) in [6.07, 6.45) is 3.89. The molecule has 9 heteroatoms. The number of nitro groups is 1. The van der Waals surface area contributed by atoms with Crippen LogP contribution >= 0.6 is 0 Å². The van der Waals surface area contributed by atoms with Crippen molar-refractivity contribution in [2.75, 3.05) is 44.6 Å². The average Bonchev–Trinajstić information content (AvgIpc) is 3.16. The number of carbonyl (C=O) groups excluding carboxylic acids is 1. The molecule has 1 amide bonds. The first-order valence-corrected chi connectivity index (χ1v) is 9.92. The highest BCUT2D eigenvalue weighted by Gasteiger charge is 2.19. The number of benzene rings is 1. The van der Waals surface area contributed by atoms with Crippen molar-refractivity contribution < 1.29 is 9.72 Å². The summed E-state index contributed by atoms with van der Waals surface area (Å²) in [7, 11) is 0. The Balaban J connectivity index is 1.41. The van der Waals surface area contributed by atoms with E-state index in [0.29, 0.717) is 11.6 Å². The summed E-state index contributed by atoms with van der Waals surface area (Å²) in [5.41, 5.74) is 0.416. The number of aromatic nitrogens is 2. The van der Waals surface area contributed by atoms with Crippen molar-refractivity contribution in [3.8, 4) is 0 Å². The number of carbonyl (C=O) groups is 1. The van der Waals surface area contributed by atoms with E-state index >= 15 is 0 Å². The smallest absolute Gasteiger partial charge is 0.271 e. The van der Waals surface area contributed by atoms with E-state index in [-0.39, 0.29) is 18.1 Å². The van der Waals surface area contributed by atoms with Gasteiger partial charge in [0, 0.05) is 75.4 Å². The molecule has 1 fully saturated rings. The second kappa shape index (κ2) is 9.62. The first kappa shape index (κ1) is 20.9. The van der Waals surface area contributed by atoms with E-state index in [1.165, 1.54) is 12.1 Å². The molecule has 1 aliphatic rings. The molecule has 1 aromatic heterocycles. The molecule has 1 aliphatic heterocycles. The largest absolute Gasteiger partial charge is 0.333 e. The summed E-state index contributed by atoms with van der Waals surface area (Å²) in [5.74, 6) is 1.37. The Hall–Kier alpha value is -2.78. The van der Waals surface area contributed by atoms with Crippen molar-refractivity contribution in [3.63, 3.8) is 0 Å². The second-order valence-corrected chi connectivity index (χ2v) is 7.61. The lowest BCUT2D eigenvalue weighted by Crippen LogP contribution is -2.49. The van der Waals surface area contributed by atoms with Gasteiger partial charge in [0.2, 0.25) is 5.91 Å². The molecule has 0 bridgehead atoms. The highest BCUT2D eigenvalue weighted by atomic mass is 16.6. The van der Waals surface area contributed by atoms with Gasteiger partial charge in [0.25, 0.3) is 5.69 Å². The molecule has 1 N–H and O–H groups in total. The molecule has 0 atom stereocenters. The SMILES string of the molecule is CC(C)c1nccn1CCN1CCN(CC(=O)Nc2cccc([N+](=O)[O-])c2)CC1. The standard InChI is InChI=1S/C20H28N6O3/c1-16(2)20-21-6-7-25(20)13-12-23-8-10-24(11-9-23)15-19(27)22-17-4-3-5-18(14-17)26(28)29/h3-7,14,16H,8-13,15H2,1-2H3,(H,22,27). The Morgan fingerprint density at radius 2 is 1.93 bits per heavy atom. The summed E-state index contributed by atoms with van der Waals surface area (Å²) in [6.45, 7) is 9.94. The molecule has 1 saturated heterocycles. The van der Waals surface area contributed by atoms with Gasteiger partial charge in [-0.25, -0.2) is 4.98 Å². The van der Waals surface area contributed by atoms with Crippen LogP contribution < -0.4 is 5.32 Å². The Bertz CT molecular complexity index is 842. The minimum absolute atomic E-state index is 0.0325. The van der Waals surface area contributed by atoms with E-state index in [2.05, 4.69) is 38.5 Å². The molecule has 3 rings (SSSR count). The topological polar surface area (TPSA) is 96.5 Å². The number of piperazine rings is 1. The van der Waals surface area contributed by atoms with Crippen molar-refractivity contribution in [1.29, 1.82) is 0 Å². The van der Waals surface area contributed by atoms with Crippen LogP contribution in [-0.4, -0.2) is 69.4 Å². The number of rotatable bonds is 8. The van der Waals surface area contributed by atoms with Crippen molar-refractivity contribution in [2.45, 2.75) is 26.3 Å². The third-order valence-corrected chi connectivity index (χ3v) is 5.09. The van der Waals surface area contributed by atoms with Crippen molar-refractivity contribution in [1.82, 2.24) is 19.4 Å². The lowest BCUT2D eigenvalue weighted by atomic mass is 10.2. The third-order valence-electron chi connectivity index (χ3n) is 5.09. The van der Waals surface area contributed by atoms with Crippen LogP contribution in [0.5, 0.6) is 0 Å². The average molecular weight is 400 g/mol. The molecular weight excluding hydrogens is 372 g/mol. The van der Waals surface area contributed by atoms with Crippen LogP contribution in [-0.2, 0) is 11.3 Å². The van der Waals surface area contributed by atoms with E-state index < -0.39 is 4.92 Å². The van der Waals surface area contributed by atoms with Gasteiger partial charge < -0.3 is 9.88 Å². The van der Waals surface area contributed by atoms with Gasteiger partial charge in [0.05, 0.1) is 11.5 Å². The zero-order valence-electron chi connectivity index (χ0n) is 17.0. The van der Waals surface area contributed by atoms with E-state index in [1.54, 1.807) is 12.1 Å². The van der Waals surface area contributed by atoms with Gasteiger partial charge in [-0.15, -0.1) is 0 Å². The van der Waals surface area contributed by atoms with E-state index in [0.717, 1.165) is 45.1 Å². The number of nitrogens with one attached hydrogen (secondary N) is 1. The predicted molar refractivity (Wildman–Crippen MR) is 111 cm³/mol. The van der Waals surface area contributed by atoms with E-state index in [4.69, 9.17) is 0 Å². The molecule has 0 saturated carbocycles. The number of amides is 1. The van der Waals surface area contributed by atoms with Crippen LogP contribution in [0.1, 0.15) is 25.6 Å². The maximum Gasteiger partial charge on any atom is 0.271 e. The fourth-order valence-corrected chi connectivity index (χ4v) is 3.53. The number of nitrogens with zero attached hydrogens (tertiary/aromatic N) is 5. The van der Waals surface area contributed by atoms with Crippen LogP contribution in [0.2, 0.25) is 0 Å². The molecule has 0 spiro atoms. The quantitative estimate of drug-likeness (QED) is 0.539. The van der Waals surface area contributed by atoms with Crippen molar-refractivity contribution >= 4 is 17.3 Å². The lowest BCUT2D eigenvalue weighted by Gasteiger charge is -2.34. The van der Waals surface area contributed by atoms with Crippen LogP contribution in [0, 0.1) is 10.1 Å². The minimum Gasteiger partial charge on any atom is -0.333 e. The van der Waals surface area contributed by atoms with Gasteiger partial charge in [-0.2, -0.15) is 0 Å². The van der Waals surface area contributed by atoms with Gasteiger partial charge in [-0.05, 0) is 6.07 Å². The summed E-state index contributed by atoms with van der Waals surface area (Å²) in [6, 6.07) is 6.00. The number of hydrogen-bond acceptors (Lipinski definition) is 6. The van der Waals surface area contributed by atoms with Crippen LogP contribution in [0.4, 0.5) is 11.4 Å². The van der Waals surface area contributed by atoms with Gasteiger partial charge in [-0.1, -0.05) is 19.9 Å². The summed E-state index contributed by atoms with van der Waals surface area (Å²) in [5, 5.41) is 13.6. The molecule has 9 nitrogen and oxygen atoms in total. The monoisotopic (exact) mass is 400 g/mol. The molecule has 0 radical (unpaired) electrons. The van der Waals surface area contributed by atoms with E-state index in [9.17, 15) is 14.9 Å². The molecular formula is C20H28N6O3. The van der Waals surface area contributed by atoms with Gasteiger partial charge in [0.1, 0.15) is 5.82 Å². The van der Waals surface area contributed by atoms with Gasteiger partial charge in [0.15, 0.2) is 0 Å². The molecule has 1 aromatic carbocycles. The zero-order valence-corrected chi connectivity index (χ0v) is 17.0. The highest BCUT2D eigenvalue weighted by Crippen LogP contribution is 2.17. The van der Waals surface area contributed by atoms with Crippen LogP contribution in [0.15, 0.2) is 36.7 Å². The normalized spacial score (nSPS) is 15.6. The molecule has 0 aliphatic carbocycles. The first-order valence-electron chi connectivity index (χ1n) is 9.92. The van der Waals surface area contributed by atoms with Crippen molar-refractivity contribution in [3.05, 3.63) is 52.6 Å². The third kappa shape index (κ3) is 5.85. The number of imidazole rings is 1. The minimum atomic E-state index is -0.469. The van der Waals surface area contributed by atoms with Crippen molar-refractivity contribution in [2.24, 2.45) is 0 Å². The lowest BCUT2D eigenvalue weighted by molar-refractivity contribution is -0.384. The van der Waals surface area contributed by atoms with Gasteiger partial charge >= 0.3 is 0 Å². The number of nitro benzene ring substituents is 1.